The molecule has 0 saturated heterocycles. The second-order valence-electron chi connectivity index (χ2n) is 31.9. The van der Waals surface area contributed by atoms with Crippen LogP contribution in [0, 0.1) is 0 Å². The molecule has 0 saturated carbocycles. The summed E-state index contributed by atoms with van der Waals surface area (Å²) in [7, 11) is 0. The van der Waals surface area contributed by atoms with Crippen molar-refractivity contribution >= 4 is 89.8 Å². The molecule has 0 bridgehead atoms. The summed E-state index contributed by atoms with van der Waals surface area (Å²) in [6.07, 6.45) is 0.832. The Hall–Kier alpha value is -15.9. The molecule has 0 heterocycles. The lowest BCUT2D eigenvalue weighted by atomic mass is 9.67. The topological polar surface area (TPSA) is 13.0 Å². The van der Waals surface area contributed by atoms with E-state index in [0.29, 0.717) is 0 Å². The molecule has 20 aromatic carbocycles. The van der Waals surface area contributed by atoms with Gasteiger partial charge in [-0.2, -0.15) is 0 Å². The number of benzene rings is 20. The largest absolute Gasteiger partial charge is 0.310 e. The molecular formula is C118H82N4. The molecule has 0 aliphatic heterocycles. The van der Waals surface area contributed by atoms with Crippen LogP contribution in [0.1, 0.15) is 33.4 Å². The van der Waals surface area contributed by atoms with Crippen molar-refractivity contribution in [1.29, 1.82) is 0 Å². The van der Waals surface area contributed by atoms with Crippen LogP contribution < -0.4 is 19.6 Å². The average Bonchev–Trinajstić information content (AvgIpc) is 1.53. The van der Waals surface area contributed by atoms with Gasteiger partial charge in [0.15, 0.2) is 0 Å². The molecule has 0 fully saturated rings. The molecule has 0 atom stereocenters. The highest BCUT2D eigenvalue weighted by molar-refractivity contribution is 6.02. The molecule has 2 aliphatic rings. The van der Waals surface area contributed by atoms with Crippen LogP contribution in [0.25, 0.3) is 99.4 Å². The van der Waals surface area contributed by atoms with Gasteiger partial charge in [0.2, 0.25) is 0 Å². The minimum absolute atomic E-state index is 0.711. The maximum Gasteiger partial charge on any atom is 0.0715 e. The number of nitrogens with zero attached hydrogens (tertiary/aromatic N) is 4. The lowest BCUT2D eigenvalue weighted by Crippen LogP contribution is -2.29. The van der Waals surface area contributed by atoms with E-state index in [0.717, 1.165) is 108 Å². The lowest BCUT2D eigenvalue weighted by Gasteiger charge is -2.35. The van der Waals surface area contributed by atoms with Crippen LogP contribution in [0.4, 0.5) is 68.2 Å². The predicted molar refractivity (Wildman–Crippen MR) is 513 cm³/mol. The van der Waals surface area contributed by atoms with Crippen molar-refractivity contribution in [3.05, 3.63) is 519 Å². The lowest BCUT2D eigenvalue weighted by molar-refractivity contribution is 0.768. The van der Waals surface area contributed by atoms with Gasteiger partial charge in [0.25, 0.3) is 0 Å². The molecule has 574 valence electrons. The van der Waals surface area contributed by atoms with Gasteiger partial charge in [-0.15, -0.1) is 0 Å². The molecule has 20 aromatic rings. The zero-order valence-electron chi connectivity index (χ0n) is 67.2. The third kappa shape index (κ3) is 13.2. The Morgan fingerprint density at radius 1 is 0.164 bits per heavy atom. The van der Waals surface area contributed by atoms with Crippen LogP contribution >= 0.6 is 0 Å². The van der Waals surface area contributed by atoms with Gasteiger partial charge in [-0.3, -0.25) is 0 Å². The van der Waals surface area contributed by atoms with Crippen LogP contribution in [-0.4, -0.2) is 0 Å². The first-order valence-corrected chi connectivity index (χ1v) is 42.1. The van der Waals surface area contributed by atoms with Gasteiger partial charge < -0.3 is 19.6 Å². The second-order valence-corrected chi connectivity index (χ2v) is 31.9. The van der Waals surface area contributed by atoms with Crippen molar-refractivity contribution in [2.45, 2.75) is 11.8 Å². The molecule has 0 aromatic heterocycles. The van der Waals surface area contributed by atoms with Crippen molar-refractivity contribution in [3.8, 4) is 77.9 Å². The summed E-state index contributed by atoms with van der Waals surface area (Å²) < 4.78 is 0. The van der Waals surface area contributed by atoms with Gasteiger partial charge in [0, 0.05) is 67.6 Å². The van der Waals surface area contributed by atoms with Gasteiger partial charge in [0.05, 0.1) is 16.8 Å². The highest BCUT2D eigenvalue weighted by Crippen LogP contribution is 2.59. The Bertz CT molecular complexity index is 7160. The maximum atomic E-state index is 2.48. The van der Waals surface area contributed by atoms with Crippen LogP contribution in [0.3, 0.4) is 0 Å². The predicted octanol–water partition coefficient (Wildman–Crippen LogP) is 32.1. The third-order valence-electron chi connectivity index (χ3n) is 24.9. The molecule has 2 aliphatic carbocycles. The van der Waals surface area contributed by atoms with E-state index in [9.17, 15) is 0 Å². The molecule has 4 nitrogen and oxygen atoms in total. The smallest absolute Gasteiger partial charge is 0.0715 e. The van der Waals surface area contributed by atoms with Gasteiger partial charge in [-0.25, -0.2) is 0 Å². The number of hydrogen-bond donors (Lipinski definition) is 0. The zero-order chi connectivity index (χ0) is 80.9. The van der Waals surface area contributed by atoms with Crippen molar-refractivity contribution < 1.29 is 0 Å². The number of anilines is 12. The molecule has 0 unspecified atom stereocenters. The fourth-order valence-corrected chi connectivity index (χ4v) is 19.1. The van der Waals surface area contributed by atoms with E-state index >= 15 is 0 Å². The monoisotopic (exact) mass is 1550 g/mol. The number of hydrogen-bond acceptors (Lipinski definition) is 4. The maximum absolute atomic E-state index is 2.48. The molecule has 0 N–H and O–H groups in total. The first-order valence-electron chi connectivity index (χ1n) is 42.1. The summed E-state index contributed by atoms with van der Waals surface area (Å²) >= 11 is 0. The number of fused-ring (bicyclic) bond motifs is 8. The third-order valence-corrected chi connectivity index (χ3v) is 24.9. The van der Waals surface area contributed by atoms with Crippen molar-refractivity contribution in [1.82, 2.24) is 0 Å². The van der Waals surface area contributed by atoms with Gasteiger partial charge in [-0.1, -0.05) is 352 Å². The summed E-state index contributed by atoms with van der Waals surface area (Å²) in [5, 5.41) is 4.82. The van der Waals surface area contributed by atoms with E-state index in [1.807, 2.05) is 0 Å². The highest BCUT2D eigenvalue weighted by atomic mass is 15.2. The molecular weight excluding hydrogens is 1470 g/mol. The summed E-state index contributed by atoms with van der Waals surface area (Å²) in [5.74, 6) is 0. The van der Waals surface area contributed by atoms with Crippen molar-refractivity contribution in [2.24, 2.45) is 0 Å². The molecule has 22 rings (SSSR count). The SMILES string of the molecule is c1ccc(-c2ccc(N(c3ccc(-c4ccc(-c5ccc(-c6ccc(N(c7ccc(-c8ccccc8)cc7)c7ccc8c(c7)C(c7ccccc7)(c7ccccc7)c7cc(N(c9ccccc9)c9cccc%10ccccc9%10)ccc7-8)cc6)cc5)cc4)cc3)c3ccc4c(c3)Cc3cc(N(c5ccccc5)c5cccc6ccccc56)ccc3-4)cc2)cc1. The molecule has 0 radical (unpaired) electrons. The number of para-hydroxylation sites is 2. The Labute approximate surface area is 713 Å². The van der Waals surface area contributed by atoms with E-state index in [1.165, 1.54) is 99.4 Å². The van der Waals surface area contributed by atoms with E-state index in [-0.39, 0.29) is 0 Å². The Morgan fingerprint density at radius 2 is 0.402 bits per heavy atom. The van der Waals surface area contributed by atoms with Crippen LogP contribution in [0.5, 0.6) is 0 Å². The second kappa shape index (κ2) is 31.2. The summed E-state index contributed by atoms with van der Waals surface area (Å²) in [6.45, 7) is 0. The fourth-order valence-electron chi connectivity index (χ4n) is 19.1. The van der Waals surface area contributed by atoms with Crippen LogP contribution in [0.2, 0.25) is 0 Å². The van der Waals surface area contributed by atoms with Crippen LogP contribution in [0.15, 0.2) is 485 Å². The summed E-state index contributed by atoms with van der Waals surface area (Å²) in [4.78, 5) is 9.69. The minimum Gasteiger partial charge on any atom is -0.310 e. The highest BCUT2D eigenvalue weighted by Gasteiger charge is 2.47. The first kappa shape index (κ1) is 72.6. The Kier molecular flexibility index (Phi) is 18.6. The quantitative estimate of drug-likeness (QED) is 0.0800. The van der Waals surface area contributed by atoms with E-state index in [4.69, 9.17) is 0 Å². The molecule has 0 spiro atoms. The Balaban J connectivity index is 0.559. The minimum atomic E-state index is -0.711. The normalized spacial score (nSPS) is 12.1. The standard InChI is InChI=1S/C118H82N4/c1-7-25-82(26-8-1)88-53-61-100(62-54-88)119(104-69-73-108-94(78-104)77-95-79-105(70-74-109(95)108)121(98-37-15-5-16-38-98)116-43-23-31-92-29-19-21-41-110(92)116)101-65-57-90(58-66-101)86-49-45-84(46-50-86)85-47-51-87(52-48-85)91-59-67-103(68-60-91)120(102-63-55-89(56-64-102)83-27-9-2-10-28-83)106-71-75-112-113-76-72-107(122(99-39-17-6-18-40-99)117-44-24-32-93-30-20-22-42-111(93)117)81-115(113)118(114(112)80-106,96-33-11-3-12-34-96)97-35-13-4-14-36-97/h1-76,78-81H,77H2. The molecule has 122 heavy (non-hydrogen) atoms. The fraction of sp³-hybridized carbons (Fsp3) is 0.0169. The summed E-state index contributed by atoms with van der Waals surface area (Å²) in [5.41, 5.74) is 36.7. The zero-order valence-corrected chi connectivity index (χ0v) is 67.2. The van der Waals surface area contributed by atoms with Gasteiger partial charge in [-0.05, 0) is 262 Å². The Morgan fingerprint density at radius 3 is 0.746 bits per heavy atom. The average molecular weight is 1560 g/mol. The molecule has 4 heteroatoms. The van der Waals surface area contributed by atoms with Crippen molar-refractivity contribution in [3.63, 3.8) is 0 Å². The van der Waals surface area contributed by atoms with Gasteiger partial charge >= 0.3 is 0 Å². The van der Waals surface area contributed by atoms with E-state index < -0.39 is 5.41 Å². The first-order chi connectivity index (χ1) is 60.5. The summed E-state index contributed by atoms with van der Waals surface area (Å²) in [6, 6.07) is 179. The van der Waals surface area contributed by atoms with E-state index in [1.54, 1.807) is 0 Å². The molecule has 0 amide bonds. The van der Waals surface area contributed by atoms with Crippen LogP contribution in [-0.2, 0) is 11.8 Å². The van der Waals surface area contributed by atoms with Gasteiger partial charge in [0.1, 0.15) is 0 Å². The van der Waals surface area contributed by atoms with Crippen molar-refractivity contribution in [2.75, 3.05) is 19.6 Å². The van der Waals surface area contributed by atoms with E-state index in [2.05, 4.69) is 505 Å². The number of rotatable bonds is 19.